The lowest BCUT2D eigenvalue weighted by molar-refractivity contribution is -0.127. The highest BCUT2D eigenvalue weighted by molar-refractivity contribution is 7.93. The van der Waals surface area contributed by atoms with Gasteiger partial charge in [-0.25, -0.2) is 8.42 Å². The molecular formula is C17H27N3O4S. The lowest BCUT2D eigenvalue weighted by Crippen LogP contribution is -2.63. The van der Waals surface area contributed by atoms with E-state index in [0.29, 0.717) is 18.5 Å². The van der Waals surface area contributed by atoms with Crippen molar-refractivity contribution in [2.24, 2.45) is 5.92 Å². The van der Waals surface area contributed by atoms with Crippen molar-refractivity contribution in [3.05, 3.63) is 11.5 Å². The molecule has 1 aromatic heterocycles. The predicted octanol–water partition coefficient (Wildman–Crippen LogP) is 1.84. The summed E-state index contributed by atoms with van der Waals surface area (Å²) in [6, 6.07) is 0. The molecule has 1 aliphatic heterocycles. The molecule has 1 aromatic rings. The number of nitrogens with zero attached hydrogens (tertiary/aromatic N) is 1. The molecule has 25 heavy (non-hydrogen) atoms. The number of nitrogens with one attached hydrogen (secondary N) is 2. The number of aryl methyl sites for hydroxylation is 2. The third kappa shape index (κ3) is 3.33. The molecule has 1 aliphatic carbocycles. The molecule has 1 saturated heterocycles. The van der Waals surface area contributed by atoms with Crippen LogP contribution in [0, 0.1) is 19.8 Å². The molecule has 2 N–H and O–H groups in total. The van der Waals surface area contributed by atoms with Crippen LogP contribution in [0.1, 0.15) is 56.4 Å². The average Bonchev–Trinajstić information content (AvgIpc) is 2.95. The monoisotopic (exact) mass is 369 g/mol. The Labute approximate surface area is 148 Å². The van der Waals surface area contributed by atoms with Crippen LogP contribution in [-0.4, -0.2) is 37.4 Å². The second-order valence-corrected chi connectivity index (χ2v) is 9.45. The summed E-state index contributed by atoms with van der Waals surface area (Å²) in [5.74, 6) is 0.0421. The standard InChI is InChI=1S/C17H27N3O4S/c1-12-15(13(2)24-20-12)25(22,23)17(9-6-10-18-11-17)19-16(21)14-7-4-3-5-8-14/h14,18H,3-11H2,1-2H3,(H,19,21)/t17-/m0/s1. The smallest absolute Gasteiger partial charge is 0.224 e. The highest BCUT2D eigenvalue weighted by Gasteiger charge is 2.49. The molecule has 1 saturated carbocycles. The third-order valence-electron chi connectivity index (χ3n) is 5.42. The molecule has 7 nitrogen and oxygen atoms in total. The van der Waals surface area contributed by atoms with Gasteiger partial charge in [-0.2, -0.15) is 0 Å². The van der Waals surface area contributed by atoms with E-state index < -0.39 is 14.7 Å². The molecule has 1 amide bonds. The van der Waals surface area contributed by atoms with Crippen molar-refractivity contribution in [1.29, 1.82) is 0 Å². The summed E-state index contributed by atoms with van der Waals surface area (Å²) in [4.78, 5) is 11.6. The minimum absolute atomic E-state index is 0.0904. The molecule has 0 aromatic carbocycles. The molecule has 2 aliphatic rings. The van der Waals surface area contributed by atoms with Crippen LogP contribution in [0.5, 0.6) is 0 Å². The third-order valence-corrected chi connectivity index (χ3v) is 8.02. The van der Waals surface area contributed by atoms with Gasteiger partial charge in [0.25, 0.3) is 0 Å². The van der Waals surface area contributed by atoms with Crippen LogP contribution < -0.4 is 10.6 Å². The minimum atomic E-state index is -3.83. The van der Waals surface area contributed by atoms with Crippen molar-refractivity contribution in [3.8, 4) is 0 Å². The van der Waals surface area contributed by atoms with Gasteiger partial charge in [-0.1, -0.05) is 24.4 Å². The molecule has 0 unspecified atom stereocenters. The first-order valence-corrected chi connectivity index (χ1v) is 10.6. The maximum atomic E-state index is 13.5. The zero-order valence-electron chi connectivity index (χ0n) is 14.9. The predicted molar refractivity (Wildman–Crippen MR) is 92.7 cm³/mol. The van der Waals surface area contributed by atoms with Crippen LogP contribution in [0.25, 0.3) is 0 Å². The molecule has 3 rings (SSSR count). The first-order chi connectivity index (χ1) is 11.9. The van der Waals surface area contributed by atoms with Gasteiger partial charge in [-0.15, -0.1) is 0 Å². The lowest BCUT2D eigenvalue weighted by atomic mass is 9.88. The van der Waals surface area contributed by atoms with E-state index in [0.717, 1.165) is 38.6 Å². The number of carbonyl (C=O) groups excluding carboxylic acids is 1. The average molecular weight is 369 g/mol. The number of hydrogen-bond donors (Lipinski definition) is 2. The van der Waals surface area contributed by atoms with Crippen molar-refractivity contribution < 1.29 is 17.7 Å². The second-order valence-electron chi connectivity index (χ2n) is 7.26. The molecule has 0 spiro atoms. The number of hydrogen-bond acceptors (Lipinski definition) is 6. The van der Waals surface area contributed by atoms with Gasteiger partial charge in [0.2, 0.25) is 15.7 Å². The first kappa shape index (κ1) is 18.4. The molecule has 8 heteroatoms. The minimum Gasteiger partial charge on any atom is -0.360 e. The number of aromatic nitrogens is 1. The fraction of sp³-hybridized carbons (Fsp3) is 0.765. The molecule has 0 bridgehead atoms. The van der Waals surface area contributed by atoms with Crippen LogP contribution >= 0.6 is 0 Å². The Balaban J connectivity index is 1.94. The van der Waals surface area contributed by atoms with E-state index in [-0.39, 0.29) is 29.0 Å². The van der Waals surface area contributed by atoms with E-state index in [1.54, 1.807) is 13.8 Å². The first-order valence-electron chi connectivity index (χ1n) is 9.08. The topological polar surface area (TPSA) is 101 Å². The Hall–Kier alpha value is -1.41. The van der Waals surface area contributed by atoms with Gasteiger partial charge in [0.1, 0.15) is 4.90 Å². The van der Waals surface area contributed by atoms with Gasteiger partial charge in [0.05, 0.1) is 5.69 Å². The largest absolute Gasteiger partial charge is 0.360 e. The van der Waals surface area contributed by atoms with Crippen molar-refractivity contribution in [2.75, 3.05) is 13.1 Å². The Morgan fingerprint density at radius 1 is 1.24 bits per heavy atom. The fourth-order valence-corrected chi connectivity index (χ4v) is 6.20. The molecule has 1 atom stereocenters. The zero-order valence-corrected chi connectivity index (χ0v) is 15.7. The molecule has 2 fully saturated rings. The number of piperidine rings is 1. The maximum Gasteiger partial charge on any atom is 0.224 e. The summed E-state index contributed by atoms with van der Waals surface area (Å²) in [6.45, 7) is 4.17. The molecular weight excluding hydrogens is 342 g/mol. The van der Waals surface area contributed by atoms with Crippen molar-refractivity contribution in [3.63, 3.8) is 0 Å². The van der Waals surface area contributed by atoms with E-state index >= 15 is 0 Å². The molecule has 140 valence electrons. The Bertz CT molecular complexity index is 710. The number of rotatable bonds is 4. The number of sulfone groups is 1. The van der Waals surface area contributed by atoms with E-state index in [1.807, 2.05) is 0 Å². The van der Waals surface area contributed by atoms with E-state index in [9.17, 15) is 13.2 Å². The normalized spacial score (nSPS) is 25.7. The van der Waals surface area contributed by atoms with Crippen LogP contribution in [0.15, 0.2) is 9.42 Å². The second kappa shape index (κ2) is 7.07. The fourth-order valence-electron chi connectivity index (χ4n) is 4.03. The van der Waals surface area contributed by atoms with Crippen LogP contribution in [0.3, 0.4) is 0 Å². The SMILES string of the molecule is Cc1noc(C)c1S(=O)(=O)[C@@]1(NC(=O)C2CCCCC2)CCCNC1. The van der Waals surface area contributed by atoms with Gasteiger partial charge < -0.3 is 15.2 Å². The number of amides is 1. The van der Waals surface area contributed by atoms with Crippen molar-refractivity contribution in [2.45, 2.75) is 68.6 Å². The summed E-state index contributed by atoms with van der Waals surface area (Å²) in [7, 11) is -3.83. The van der Waals surface area contributed by atoms with Crippen molar-refractivity contribution in [1.82, 2.24) is 15.8 Å². The van der Waals surface area contributed by atoms with E-state index in [4.69, 9.17) is 4.52 Å². The van der Waals surface area contributed by atoms with Gasteiger partial charge >= 0.3 is 0 Å². The highest BCUT2D eigenvalue weighted by Crippen LogP contribution is 2.34. The Morgan fingerprint density at radius 3 is 2.52 bits per heavy atom. The summed E-state index contributed by atoms with van der Waals surface area (Å²) in [5.41, 5.74) is 0.342. The molecule has 0 radical (unpaired) electrons. The highest BCUT2D eigenvalue weighted by atomic mass is 32.2. The Morgan fingerprint density at radius 2 is 1.96 bits per heavy atom. The van der Waals surface area contributed by atoms with Crippen molar-refractivity contribution >= 4 is 15.7 Å². The van der Waals surface area contributed by atoms with E-state index in [1.165, 1.54) is 0 Å². The quantitative estimate of drug-likeness (QED) is 0.840. The summed E-state index contributed by atoms with van der Waals surface area (Å²) in [5, 5.41) is 9.86. The Kier molecular flexibility index (Phi) is 5.20. The summed E-state index contributed by atoms with van der Waals surface area (Å²) in [6.07, 6.45) is 5.95. The van der Waals surface area contributed by atoms with Gasteiger partial charge in [0, 0.05) is 12.5 Å². The summed E-state index contributed by atoms with van der Waals surface area (Å²) < 4.78 is 32.0. The van der Waals surface area contributed by atoms with E-state index in [2.05, 4.69) is 15.8 Å². The van der Waals surface area contributed by atoms with Gasteiger partial charge in [-0.3, -0.25) is 4.79 Å². The maximum absolute atomic E-state index is 13.5. The van der Waals surface area contributed by atoms with Gasteiger partial charge in [-0.05, 0) is 46.1 Å². The van der Waals surface area contributed by atoms with Crippen LogP contribution in [-0.2, 0) is 14.6 Å². The van der Waals surface area contributed by atoms with Crippen LogP contribution in [0.2, 0.25) is 0 Å². The van der Waals surface area contributed by atoms with Gasteiger partial charge in [0.15, 0.2) is 10.6 Å². The van der Waals surface area contributed by atoms with Crippen LogP contribution in [0.4, 0.5) is 0 Å². The molecule has 2 heterocycles. The summed E-state index contributed by atoms with van der Waals surface area (Å²) >= 11 is 0. The zero-order chi connectivity index (χ0) is 18.1. The lowest BCUT2D eigenvalue weighted by Gasteiger charge is -2.38. The number of carbonyl (C=O) groups is 1.